The number of nitrogens with one attached hydrogen (secondary N) is 1. The van der Waals surface area contributed by atoms with Gasteiger partial charge in [-0.25, -0.2) is 0 Å². The molecule has 4 rings (SSSR count). The summed E-state index contributed by atoms with van der Waals surface area (Å²) in [5.41, 5.74) is 1.53. The number of hydrogen-bond donors (Lipinski definition) is 1. The molecule has 1 N–H and O–H groups in total. The molecular weight excluding hydrogens is 338 g/mol. The smallest absolute Gasteiger partial charge is 0.298 e. The fraction of sp³-hybridized carbons (Fsp3) is 0.579. The topological polar surface area (TPSA) is 58.4 Å². The molecule has 1 amide bonds. The fourth-order valence-corrected chi connectivity index (χ4v) is 4.21. The number of rotatable bonds is 4. The predicted molar refractivity (Wildman–Crippen MR) is 99.0 cm³/mol. The van der Waals surface area contributed by atoms with Gasteiger partial charge in [0.1, 0.15) is 5.52 Å². The standard InChI is InChI=1S/C19H24ClN3O2/c20-14-7-8-16-17(11-14)25-19(22-16)23-9-3-4-13(12-23)10-18(24)21-15-5-1-2-6-15/h7-8,11,13,15H,1-6,9-10,12H2,(H,21,24). The van der Waals surface area contributed by atoms with Crippen LogP contribution in [-0.4, -0.2) is 30.0 Å². The highest BCUT2D eigenvalue weighted by Crippen LogP contribution is 2.29. The van der Waals surface area contributed by atoms with Crippen LogP contribution in [0.1, 0.15) is 44.9 Å². The summed E-state index contributed by atoms with van der Waals surface area (Å²) in [4.78, 5) is 19.0. The van der Waals surface area contributed by atoms with Gasteiger partial charge in [0.25, 0.3) is 6.01 Å². The van der Waals surface area contributed by atoms with E-state index in [2.05, 4.69) is 15.2 Å². The lowest BCUT2D eigenvalue weighted by Gasteiger charge is -2.31. The molecule has 25 heavy (non-hydrogen) atoms. The molecule has 1 aromatic carbocycles. The zero-order valence-corrected chi connectivity index (χ0v) is 15.1. The van der Waals surface area contributed by atoms with E-state index in [1.54, 1.807) is 6.07 Å². The normalized spacial score (nSPS) is 21.8. The van der Waals surface area contributed by atoms with Crippen LogP contribution in [0.15, 0.2) is 22.6 Å². The first-order valence-electron chi connectivity index (χ1n) is 9.28. The van der Waals surface area contributed by atoms with E-state index >= 15 is 0 Å². The van der Waals surface area contributed by atoms with Crippen molar-refractivity contribution in [2.24, 2.45) is 5.92 Å². The molecule has 0 bridgehead atoms. The molecule has 0 radical (unpaired) electrons. The van der Waals surface area contributed by atoms with Gasteiger partial charge in [0.05, 0.1) is 0 Å². The number of oxazole rings is 1. The zero-order valence-electron chi connectivity index (χ0n) is 14.3. The van der Waals surface area contributed by atoms with Crippen molar-refractivity contribution in [1.82, 2.24) is 10.3 Å². The summed E-state index contributed by atoms with van der Waals surface area (Å²) in [6.45, 7) is 1.74. The van der Waals surface area contributed by atoms with Crippen molar-refractivity contribution in [2.75, 3.05) is 18.0 Å². The van der Waals surface area contributed by atoms with Crippen LogP contribution in [0, 0.1) is 5.92 Å². The number of carbonyl (C=O) groups is 1. The molecule has 0 spiro atoms. The molecule has 2 aromatic rings. The Balaban J connectivity index is 1.38. The maximum absolute atomic E-state index is 12.3. The molecule has 2 heterocycles. The number of nitrogens with zero attached hydrogens (tertiary/aromatic N) is 2. The van der Waals surface area contributed by atoms with E-state index in [0.717, 1.165) is 44.3 Å². The third-order valence-corrected chi connectivity index (χ3v) is 5.56. The highest BCUT2D eigenvalue weighted by Gasteiger charge is 2.26. The molecule has 2 fully saturated rings. The van der Waals surface area contributed by atoms with Gasteiger partial charge in [-0.2, -0.15) is 4.98 Å². The summed E-state index contributed by atoms with van der Waals surface area (Å²) >= 11 is 6.02. The van der Waals surface area contributed by atoms with Gasteiger partial charge in [-0.1, -0.05) is 24.4 Å². The van der Waals surface area contributed by atoms with E-state index in [1.165, 1.54) is 12.8 Å². The van der Waals surface area contributed by atoms with Gasteiger partial charge in [-0.3, -0.25) is 4.79 Å². The van der Waals surface area contributed by atoms with E-state index < -0.39 is 0 Å². The number of benzene rings is 1. The molecule has 6 heteroatoms. The summed E-state index contributed by atoms with van der Waals surface area (Å²) < 4.78 is 5.88. The van der Waals surface area contributed by atoms with Crippen LogP contribution in [-0.2, 0) is 4.79 Å². The maximum atomic E-state index is 12.3. The number of aromatic nitrogens is 1. The minimum atomic E-state index is 0.197. The summed E-state index contributed by atoms with van der Waals surface area (Å²) in [6, 6.07) is 6.53. The van der Waals surface area contributed by atoms with E-state index in [9.17, 15) is 4.79 Å². The van der Waals surface area contributed by atoms with Crippen LogP contribution in [0.5, 0.6) is 0 Å². The van der Waals surface area contributed by atoms with Crippen LogP contribution in [0.4, 0.5) is 6.01 Å². The maximum Gasteiger partial charge on any atom is 0.298 e. The Morgan fingerprint density at radius 2 is 2.12 bits per heavy atom. The Kier molecular flexibility index (Phi) is 4.84. The lowest BCUT2D eigenvalue weighted by Crippen LogP contribution is -2.39. The number of fused-ring (bicyclic) bond motifs is 1. The van der Waals surface area contributed by atoms with Gasteiger partial charge < -0.3 is 14.6 Å². The number of carbonyl (C=O) groups excluding carboxylic acids is 1. The SMILES string of the molecule is O=C(CC1CCCN(c2nc3ccc(Cl)cc3o2)C1)NC1CCCC1. The number of hydrogen-bond acceptors (Lipinski definition) is 4. The number of amides is 1. The fourth-order valence-electron chi connectivity index (χ4n) is 4.05. The van der Waals surface area contributed by atoms with Gasteiger partial charge in [0, 0.05) is 36.6 Å². The lowest BCUT2D eigenvalue weighted by atomic mass is 9.94. The van der Waals surface area contributed by atoms with Gasteiger partial charge in [0.2, 0.25) is 5.91 Å². The molecule has 1 aromatic heterocycles. The quantitative estimate of drug-likeness (QED) is 0.888. The van der Waals surface area contributed by atoms with Crippen LogP contribution in [0.25, 0.3) is 11.1 Å². The van der Waals surface area contributed by atoms with E-state index in [1.807, 2.05) is 12.1 Å². The first-order chi connectivity index (χ1) is 12.2. The average Bonchev–Trinajstić information content (AvgIpc) is 3.24. The first kappa shape index (κ1) is 16.7. The molecule has 1 aliphatic heterocycles. The highest BCUT2D eigenvalue weighted by atomic mass is 35.5. The molecular formula is C19H24ClN3O2. The minimum absolute atomic E-state index is 0.197. The summed E-state index contributed by atoms with van der Waals surface area (Å²) in [5.74, 6) is 0.553. The summed E-state index contributed by atoms with van der Waals surface area (Å²) in [6.07, 6.45) is 7.48. The molecule has 1 aliphatic carbocycles. The third kappa shape index (κ3) is 3.92. The second-order valence-corrected chi connectivity index (χ2v) is 7.75. The van der Waals surface area contributed by atoms with Crippen LogP contribution in [0.3, 0.4) is 0 Å². The number of halogens is 1. The Labute approximate surface area is 152 Å². The molecule has 5 nitrogen and oxygen atoms in total. The molecule has 134 valence electrons. The van der Waals surface area contributed by atoms with Gasteiger partial charge >= 0.3 is 0 Å². The van der Waals surface area contributed by atoms with Crippen molar-refractivity contribution in [1.29, 1.82) is 0 Å². The second kappa shape index (κ2) is 7.24. The zero-order chi connectivity index (χ0) is 17.2. The van der Waals surface area contributed by atoms with Crippen molar-refractivity contribution in [3.05, 3.63) is 23.2 Å². The minimum Gasteiger partial charge on any atom is -0.423 e. The summed E-state index contributed by atoms with van der Waals surface area (Å²) in [5, 5.41) is 3.85. The summed E-state index contributed by atoms with van der Waals surface area (Å²) in [7, 11) is 0. The first-order valence-corrected chi connectivity index (χ1v) is 9.65. The predicted octanol–water partition coefficient (Wildman–Crippen LogP) is 4.15. The lowest BCUT2D eigenvalue weighted by molar-refractivity contribution is -0.122. The molecule has 1 saturated heterocycles. The average molecular weight is 362 g/mol. The van der Waals surface area contributed by atoms with Gasteiger partial charge in [-0.05, 0) is 43.7 Å². The monoisotopic (exact) mass is 361 g/mol. The Bertz CT molecular complexity index is 754. The van der Waals surface area contributed by atoms with E-state index in [4.69, 9.17) is 16.0 Å². The van der Waals surface area contributed by atoms with Crippen LogP contribution in [0.2, 0.25) is 5.02 Å². The molecule has 1 saturated carbocycles. The van der Waals surface area contributed by atoms with Crippen molar-refractivity contribution < 1.29 is 9.21 Å². The van der Waals surface area contributed by atoms with E-state index in [-0.39, 0.29) is 5.91 Å². The van der Waals surface area contributed by atoms with Gasteiger partial charge in [-0.15, -0.1) is 0 Å². The third-order valence-electron chi connectivity index (χ3n) is 5.32. The van der Waals surface area contributed by atoms with Crippen molar-refractivity contribution in [3.8, 4) is 0 Å². The molecule has 1 unspecified atom stereocenters. The van der Waals surface area contributed by atoms with Crippen LogP contribution >= 0.6 is 11.6 Å². The number of piperidine rings is 1. The Hall–Kier alpha value is -1.75. The second-order valence-electron chi connectivity index (χ2n) is 7.32. The van der Waals surface area contributed by atoms with Crippen molar-refractivity contribution >= 4 is 34.6 Å². The van der Waals surface area contributed by atoms with E-state index in [0.29, 0.717) is 35.0 Å². The van der Waals surface area contributed by atoms with Crippen molar-refractivity contribution in [2.45, 2.75) is 51.0 Å². The Morgan fingerprint density at radius 3 is 2.96 bits per heavy atom. The largest absolute Gasteiger partial charge is 0.423 e. The van der Waals surface area contributed by atoms with Crippen LogP contribution < -0.4 is 10.2 Å². The highest BCUT2D eigenvalue weighted by molar-refractivity contribution is 6.31. The molecule has 1 atom stereocenters. The molecule has 2 aliphatic rings. The Morgan fingerprint density at radius 1 is 1.28 bits per heavy atom. The van der Waals surface area contributed by atoms with Crippen molar-refractivity contribution in [3.63, 3.8) is 0 Å². The van der Waals surface area contributed by atoms with Gasteiger partial charge in [0.15, 0.2) is 5.58 Å². The number of anilines is 1.